The van der Waals surface area contributed by atoms with Crippen molar-refractivity contribution in [1.29, 1.82) is 0 Å². The molecule has 18 heavy (non-hydrogen) atoms. The molecule has 0 spiro atoms. The number of aliphatic imine (C=N–C) groups is 1. The number of carbonyl (C=O) groups is 1. The second kappa shape index (κ2) is 5.66. The van der Waals surface area contributed by atoms with Gasteiger partial charge in [-0.15, -0.1) is 0 Å². The van der Waals surface area contributed by atoms with E-state index >= 15 is 0 Å². The van der Waals surface area contributed by atoms with Crippen LogP contribution in [-0.4, -0.2) is 34.4 Å². The van der Waals surface area contributed by atoms with Crippen LogP contribution in [0.4, 0.5) is 5.69 Å². The lowest BCUT2D eigenvalue weighted by Gasteiger charge is -2.03. The van der Waals surface area contributed by atoms with E-state index in [1.165, 1.54) is 16.8 Å². The lowest BCUT2D eigenvalue weighted by Crippen LogP contribution is -2.29. The highest BCUT2D eigenvalue weighted by Crippen LogP contribution is 2.14. The lowest BCUT2D eigenvalue weighted by molar-refractivity contribution is -0.384. The molecule has 0 unspecified atom stereocenters. The Hall–Kier alpha value is -2.58. The summed E-state index contributed by atoms with van der Waals surface area (Å²) in [7, 11) is 1.55. The van der Waals surface area contributed by atoms with Gasteiger partial charge in [0, 0.05) is 19.7 Å². The molecular weight excluding hydrogens is 240 g/mol. The SMILES string of the molecule is Cn1cc([N+](=O)[O-])cc1C(=O)NCCN=C(N)N. The number of rotatable bonds is 5. The first-order valence-electron chi connectivity index (χ1n) is 5.06. The van der Waals surface area contributed by atoms with Gasteiger partial charge in [-0.1, -0.05) is 0 Å². The monoisotopic (exact) mass is 254 g/mol. The molecule has 98 valence electrons. The van der Waals surface area contributed by atoms with Gasteiger partial charge >= 0.3 is 0 Å². The minimum atomic E-state index is -0.559. The largest absolute Gasteiger partial charge is 0.370 e. The lowest BCUT2D eigenvalue weighted by atomic mass is 10.4. The molecule has 0 aliphatic rings. The van der Waals surface area contributed by atoms with Gasteiger partial charge in [0.25, 0.3) is 11.6 Å². The molecule has 1 rings (SSSR count). The van der Waals surface area contributed by atoms with Crippen molar-refractivity contribution < 1.29 is 9.72 Å². The van der Waals surface area contributed by atoms with E-state index in [-0.39, 0.29) is 30.4 Å². The Morgan fingerprint density at radius 1 is 1.61 bits per heavy atom. The average Bonchev–Trinajstić information content (AvgIpc) is 2.66. The number of aromatic nitrogens is 1. The zero-order valence-electron chi connectivity index (χ0n) is 9.79. The number of nitrogens with zero attached hydrogens (tertiary/aromatic N) is 3. The number of hydrogen-bond acceptors (Lipinski definition) is 4. The average molecular weight is 254 g/mol. The number of nitro groups is 1. The second-order valence-corrected chi connectivity index (χ2v) is 3.51. The first kappa shape index (κ1) is 13.5. The zero-order valence-corrected chi connectivity index (χ0v) is 9.79. The van der Waals surface area contributed by atoms with Crippen LogP contribution in [0, 0.1) is 10.1 Å². The Balaban J connectivity index is 2.62. The highest BCUT2D eigenvalue weighted by molar-refractivity contribution is 5.93. The molecule has 0 fully saturated rings. The molecule has 0 bridgehead atoms. The van der Waals surface area contributed by atoms with E-state index in [1.807, 2.05) is 0 Å². The van der Waals surface area contributed by atoms with Gasteiger partial charge in [0.15, 0.2) is 5.96 Å². The van der Waals surface area contributed by atoms with Crippen molar-refractivity contribution in [3.8, 4) is 0 Å². The predicted octanol–water partition coefficient (Wildman–Crippen LogP) is -1.06. The summed E-state index contributed by atoms with van der Waals surface area (Å²) in [5, 5.41) is 13.1. The Labute approximate surface area is 103 Å². The molecule has 1 aromatic rings. The van der Waals surface area contributed by atoms with E-state index in [0.717, 1.165) is 0 Å². The third-order valence-electron chi connectivity index (χ3n) is 2.13. The summed E-state index contributed by atoms with van der Waals surface area (Å²) < 4.78 is 1.38. The van der Waals surface area contributed by atoms with Gasteiger partial charge in [0.1, 0.15) is 5.69 Å². The summed E-state index contributed by atoms with van der Waals surface area (Å²) in [4.78, 5) is 25.3. The van der Waals surface area contributed by atoms with E-state index in [2.05, 4.69) is 10.3 Å². The van der Waals surface area contributed by atoms with Crippen molar-refractivity contribution in [2.24, 2.45) is 23.5 Å². The van der Waals surface area contributed by atoms with Gasteiger partial charge < -0.3 is 21.4 Å². The normalized spacial score (nSPS) is 9.83. The first-order chi connectivity index (χ1) is 8.41. The summed E-state index contributed by atoms with van der Waals surface area (Å²) in [5.41, 5.74) is 10.3. The maximum Gasteiger partial charge on any atom is 0.287 e. The van der Waals surface area contributed by atoms with Crippen LogP contribution in [0.5, 0.6) is 0 Å². The van der Waals surface area contributed by atoms with Gasteiger partial charge in [0.05, 0.1) is 17.7 Å². The van der Waals surface area contributed by atoms with E-state index in [1.54, 1.807) is 7.05 Å². The molecule has 0 aliphatic carbocycles. The summed E-state index contributed by atoms with van der Waals surface area (Å²) in [5.74, 6) is -0.477. The molecule has 5 N–H and O–H groups in total. The summed E-state index contributed by atoms with van der Waals surface area (Å²) >= 11 is 0. The van der Waals surface area contributed by atoms with Crippen LogP contribution in [0.25, 0.3) is 0 Å². The number of nitrogens with one attached hydrogen (secondary N) is 1. The van der Waals surface area contributed by atoms with E-state index in [4.69, 9.17) is 11.5 Å². The Bertz CT molecular complexity index is 488. The Morgan fingerprint density at radius 2 is 2.28 bits per heavy atom. The van der Waals surface area contributed by atoms with Crippen LogP contribution in [0.2, 0.25) is 0 Å². The van der Waals surface area contributed by atoms with Gasteiger partial charge in [0.2, 0.25) is 0 Å². The summed E-state index contributed by atoms with van der Waals surface area (Å²) in [6.07, 6.45) is 1.27. The minimum absolute atomic E-state index is 0.0567. The van der Waals surface area contributed by atoms with E-state index < -0.39 is 10.8 Å². The van der Waals surface area contributed by atoms with Crippen LogP contribution in [-0.2, 0) is 7.05 Å². The van der Waals surface area contributed by atoms with Crippen molar-refractivity contribution in [2.75, 3.05) is 13.1 Å². The number of carbonyl (C=O) groups excluding carboxylic acids is 1. The Kier molecular flexibility index (Phi) is 4.24. The topological polar surface area (TPSA) is 142 Å². The van der Waals surface area contributed by atoms with Crippen LogP contribution < -0.4 is 16.8 Å². The van der Waals surface area contributed by atoms with Gasteiger partial charge in [-0.2, -0.15) is 0 Å². The second-order valence-electron chi connectivity index (χ2n) is 3.51. The molecule has 1 heterocycles. The van der Waals surface area contributed by atoms with Crippen molar-refractivity contribution in [3.63, 3.8) is 0 Å². The number of guanidine groups is 1. The van der Waals surface area contributed by atoms with Crippen molar-refractivity contribution in [2.45, 2.75) is 0 Å². The fraction of sp³-hybridized carbons (Fsp3) is 0.333. The highest BCUT2D eigenvalue weighted by Gasteiger charge is 2.16. The number of aryl methyl sites for hydroxylation is 1. The quantitative estimate of drug-likeness (QED) is 0.202. The molecule has 1 amide bonds. The van der Waals surface area contributed by atoms with Crippen LogP contribution in [0.1, 0.15) is 10.5 Å². The third-order valence-corrected chi connectivity index (χ3v) is 2.13. The molecule has 0 radical (unpaired) electrons. The molecular formula is C9H14N6O3. The Morgan fingerprint density at radius 3 is 2.78 bits per heavy atom. The van der Waals surface area contributed by atoms with Crippen molar-refractivity contribution in [1.82, 2.24) is 9.88 Å². The van der Waals surface area contributed by atoms with Crippen molar-refractivity contribution >= 4 is 17.6 Å². The molecule has 0 aromatic carbocycles. The standard InChI is InChI=1S/C9H14N6O3/c1-14-5-6(15(17)18)4-7(14)8(16)12-2-3-13-9(10)11/h4-5H,2-3H2,1H3,(H,12,16)(H4,10,11,13). The van der Waals surface area contributed by atoms with E-state index in [9.17, 15) is 14.9 Å². The highest BCUT2D eigenvalue weighted by atomic mass is 16.6. The van der Waals surface area contributed by atoms with E-state index in [0.29, 0.717) is 0 Å². The first-order valence-corrected chi connectivity index (χ1v) is 5.06. The minimum Gasteiger partial charge on any atom is -0.370 e. The predicted molar refractivity (Wildman–Crippen MR) is 65.1 cm³/mol. The molecule has 0 atom stereocenters. The molecule has 0 saturated heterocycles. The molecule has 9 nitrogen and oxygen atoms in total. The summed E-state index contributed by atoms with van der Waals surface area (Å²) in [6.45, 7) is 0.496. The number of nitrogens with two attached hydrogens (primary N) is 2. The van der Waals surface area contributed by atoms with Crippen LogP contribution in [0.15, 0.2) is 17.3 Å². The van der Waals surface area contributed by atoms with Crippen molar-refractivity contribution in [3.05, 3.63) is 28.1 Å². The molecule has 9 heteroatoms. The summed E-state index contributed by atoms with van der Waals surface area (Å²) in [6, 6.07) is 1.20. The van der Waals surface area contributed by atoms with Crippen LogP contribution in [0.3, 0.4) is 0 Å². The number of hydrogen-bond donors (Lipinski definition) is 3. The van der Waals surface area contributed by atoms with Gasteiger partial charge in [-0.25, -0.2) is 0 Å². The smallest absolute Gasteiger partial charge is 0.287 e. The fourth-order valence-corrected chi connectivity index (χ4v) is 1.32. The van der Waals surface area contributed by atoms with Gasteiger partial charge in [-0.3, -0.25) is 19.9 Å². The molecule has 1 aromatic heterocycles. The maximum absolute atomic E-state index is 11.7. The zero-order chi connectivity index (χ0) is 13.7. The third kappa shape index (κ3) is 3.47. The maximum atomic E-state index is 11.7. The van der Waals surface area contributed by atoms with Crippen LogP contribution >= 0.6 is 0 Å². The molecule has 0 saturated carbocycles. The fourth-order valence-electron chi connectivity index (χ4n) is 1.32. The number of amides is 1. The molecule has 0 aliphatic heterocycles. The van der Waals surface area contributed by atoms with Gasteiger partial charge in [-0.05, 0) is 0 Å².